The van der Waals surface area contributed by atoms with Gasteiger partial charge in [-0.25, -0.2) is 4.39 Å². The lowest BCUT2D eigenvalue weighted by atomic mass is 10.1. The second-order valence-electron chi connectivity index (χ2n) is 6.05. The van der Waals surface area contributed by atoms with Crippen LogP contribution in [0.4, 0.5) is 10.1 Å². The van der Waals surface area contributed by atoms with Gasteiger partial charge in [0, 0.05) is 29.4 Å². The Kier molecular flexibility index (Phi) is 6.27. The molecule has 0 unspecified atom stereocenters. The lowest BCUT2D eigenvalue weighted by molar-refractivity contribution is 0.395. The maximum atomic E-state index is 13.2. The molecule has 0 saturated carbocycles. The van der Waals surface area contributed by atoms with Gasteiger partial charge in [-0.15, -0.1) is 0 Å². The van der Waals surface area contributed by atoms with E-state index in [1.165, 1.54) is 12.1 Å². The van der Waals surface area contributed by atoms with E-state index >= 15 is 0 Å². The monoisotopic (exact) mass is 400 g/mol. The third kappa shape index (κ3) is 5.42. The molecule has 0 radical (unpaired) electrons. The average Bonchev–Trinajstić information content (AvgIpc) is 2.66. The molecule has 0 amide bonds. The van der Waals surface area contributed by atoms with E-state index in [1.54, 1.807) is 30.3 Å². The number of hydrogen-bond acceptors (Lipinski definition) is 2. The Hall–Kier alpha value is -2.63. The van der Waals surface area contributed by atoms with Crippen LogP contribution in [0.5, 0.6) is 5.75 Å². The number of rotatable bonds is 5. The Labute approximate surface area is 168 Å². The summed E-state index contributed by atoms with van der Waals surface area (Å²) in [4.78, 5) is 1.89. The average molecular weight is 401 g/mol. The number of nitrogens with one attached hydrogen (secondary N) is 1. The largest absolute Gasteiger partial charge is 0.508 e. The Balaban J connectivity index is 1.84. The van der Waals surface area contributed by atoms with Gasteiger partial charge in [0.05, 0.1) is 0 Å². The van der Waals surface area contributed by atoms with Crippen molar-refractivity contribution in [2.45, 2.75) is 13.1 Å². The SMILES string of the molecule is Oc1ccc(Cl)cc1CN(Cc1ccc(F)cc1)C(=S)Nc1ccccc1. The minimum atomic E-state index is -0.289. The summed E-state index contributed by atoms with van der Waals surface area (Å²) in [7, 11) is 0. The predicted octanol–water partition coefficient (Wildman–Crippen LogP) is 5.58. The zero-order valence-corrected chi connectivity index (χ0v) is 16.0. The molecule has 0 aliphatic rings. The van der Waals surface area contributed by atoms with Gasteiger partial charge in [-0.2, -0.15) is 0 Å². The third-order valence-corrected chi connectivity index (χ3v) is 4.60. The summed E-state index contributed by atoms with van der Waals surface area (Å²) in [6.45, 7) is 0.799. The van der Waals surface area contributed by atoms with E-state index in [2.05, 4.69) is 5.32 Å². The number of para-hydroxylation sites is 1. The normalized spacial score (nSPS) is 10.4. The van der Waals surface area contributed by atoms with Crippen molar-refractivity contribution in [3.05, 3.63) is 94.8 Å². The Morgan fingerprint density at radius 3 is 2.41 bits per heavy atom. The molecule has 0 atom stereocenters. The van der Waals surface area contributed by atoms with Gasteiger partial charge >= 0.3 is 0 Å². The molecule has 0 aromatic heterocycles. The molecule has 0 saturated heterocycles. The van der Waals surface area contributed by atoms with Crippen molar-refractivity contribution in [1.29, 1.82) is 0 Å². The predicted molar refractivity (Wildman–Crippen MR) is 111 cm³/mol. The molecule has 0 heterocycles. The number of thiocarbonyl (C=S) groups is 1. The van der Waals surface area contributed by atoms with Gasteiger partial charge in [-0.1, -0.05) is 41.9 Å². The van der Waals surface area contributed by atoms with Crippen molar-refractivity contribution in [3.8, 4) is 5.75 Å². The van der Waals surface area contributed by atoms with Crippen LogP contribution in [-0.2, 0) is 13.1 Å². The Morgan fingerprint density at radius 1 is 1.00 bits per heavy atom. The molecule has 3 nitrogen and oxygen atoms in total. The topological polar surface area (TPSA) is 35.5 Å². The first kappa shape index (κ1) is 19.1. The van der Waals surface area contributed by atoms with Crippen molar-refractivity contribution < 1.29 is 9.50 Å². The van der Waals surface area contributed by atoms with Gasteiger partial charge in [0.15, 0.2) is 5.11 Å². The molecule has 3 rings (SSSR count). The summed E-state index contributed by atoms with van der Waals surface area (Å²) in [6, 6.07) is 20.7. The van der Waals surface area contributed by atoms with Gasteiger partial charge < -0.3 is 15.3 Å². The van der Waals surface area contributed by atoms with Crippen molar-refractivity contribution in [3.63, 3.8) is 0 Å². The number of hydrogen-bond donors (Lipinski definition) is 2. The maximum Gasteiger partial charge on any atom is 0.174 e. The van der Waals surface area contributed by atoms with Gasteiger partial charge in [-0.05, 0) is 60.2 Å². The fraction of sp³-hybridized carbons (Fsp3) is 0.0952. The lowest BCUT2D eigenvalue weighted by Crippen LogP contribution is -2.33. The minimum absolute atomic E-state index is 0.144. The van der Waals surface area contributed by atoms with Gasteiger partial charge in [0.25, 0.3) is 0 Å². The second-order valence-corrected chi connectivity index (χ2v) is 6.87. The molecule has 0 bridgehead atoms. The Morgan fingerprint density at radius 2 is 1.70 bits per heavy atom. The lowest BCUT2D eigenvalue weighted by Gasteiger charge is -2.26. The fourth-order valence-corrected chi connectivity index (χ4v) is 3.06. The van der Waals surface area contributed by atoms with Crippen molar-refractivity contribution in [1.82, 2.24) is 4.90 Å². The first-order chi connectivity index (χ1) is 13.0. The summed E-state index contributed by atoms with van der Waals surface area (Å²) in [5, 5.41) is 14.4. The van der Waals surface area contributed by atoms with E-state index in [-0.39, 0.29) is 11.6 Å². The van der Waals surface area contributed by atoms with Crippen LogP contribution in [0.15, 0.2) is 72.8 Å². The van der Waals surface area contributed by atoms with Crippen molar-refractivity contribution in [2.75, 3.05) is 5.32 Å². The second kappa shape index (κ2) is 8.84. The van der Waals surface area contributed by atoms with Gasteiger partial charge in [-0.3, -0.25) is 0 Å². The van der Waals surface area contributed by atoms with E-state index in [0.717, 1.165) is 11.3 Å². The summed E-state index contributed by atoms with van der Waals surface area (Å²) in [5.41, 5.74) is 2.42. The minimum Gasteiger partial charge on any atom is -0.508 e. The molecule has 0 fully saturated rings. The number of benzene rings is 3. The van der Waals surface area contributed by atoms with E-state index in [0.29, 0.717) is 28.8 Å². The quantitative estimate of drug-likeness (QED) is 0.548. The molecule has 27 heavy (non-hydrogen) atoms. The van der Waals surface area contributed by atoms with Gasteiger partial charge in [0.2, 0.25) is 0 Å². The summed E-state index contributed by atoms with van der Waals surface area (Å²) in [6.07, 6.45) is 0. The number of nitrogens with zero attached hydrogens (tertiary/aromatic N) is 1. The number of halogens is 2. The molecule has 0 spiro atoms. The molecule has 138 valence electrons. The van der Waals surface area contributed by atoms with Crippen LogP contribution in [0.3, 0.4) is 0 Å². The molecular formula is C21H18ClFN2OS. The van der Waals surface area contributed by atoms with E-state index in [4.69, 9.17) is 23.8 Å². The maximum absolute atomic E-state index is 13.2. The van der Waals surface area contributed by atoms with Crippen molar-refractivity contribution in [2.24, 2.45) is 0 Å². The molecule has 3 aromatic carbocycles. The summed E-state index contributed by atoms with van der Waals surface area (Å²) < 4.78 is 13.2. The van der Waals surface area contributed by atoms with Crippen LogP contribution >= 0.6 is 23.8 Å². The smallest absolute Gasteiger partial charge is 0.174 e. The zero-order chi connectivity index (χ0) is 19.2. The van der Waals surface area contributed by atoms with Crippen molar-refractivity contribution >= 4 is 34.6 Å². The summed E-state index contributed by atoms with van der Waals surface area (Å²) >= 11 is 11.7. The molecular weight excluding hydrogens is 383 g/mol. The number of aromatic hydroxyl groups is 1. The van der Waals surface area contributed by atoms with E-state index < -0.39 is 0 Å². The van der Waals surface area contributed by atoms with Crippen LogP contribution in [0.25, 0.3) is 0 Å². The molecule has 6 heteroatoms. The van der Waals surface area contributed by atoms with E-state index in [1.807, 2.05) is 35.2 Å². The van der Waals surface area contributed by atoms with Crippen LogP contribution in [-0.4, -0.2) is 15.1 Å². The molecule has 3 aromatic rings. The number of anilines is 1. The van der Waals surface area contributed by atoms with Crippen LogP contribution in [0, 0.1) is 5.82 Å². The molecule has 0 aliphatic heterocycles. The first-order valence-electron chi connectivity index (χ1n) is 8.34. The highest BCUT2D eigenvalue weighted by molar-refractivity contribution is 7.80. The molecule has 0 aliphatic carbocycles. The van der Waals surface area contributed by atoms with Crippen LogP contribution in [0.1, 0.15) is 11.1 Å². The highest BCUT2D eigenvalue weighted by atomic mass is 35.5. The third-order valence-electron chi connectivity index (χ3n) is 4.00. The Bertz CT molecular complexity index is 919. The summed E-state index contributed by atoms with van der Waals surface area (Å²) in [5.74, 6) is -0.145. The zero-order valence-electron chi connectivity index (χ0n) is 14.4. The molecule has 2 N–H and O–H groups in total. The number of phenols is 1. The number of phenolic OH excluding ortho intramolecular Hbond substituents is 1. The highest BCUT2D eigenvalue weighted by Crippen LogP contribution is 2.24. The highest BCUT2D eigenvalue weighted by Gasteiger charge is 2.14. The first-order valence-corrected chi connectivity index (χ1v) is 9.13. The van der Waals surface area contributed by atoms with E-state index in [9.17, 15) is 9.50 Å². The fourth-order valence-electron chi connectivity index (χ4n) is 2.62. The standard InChI is InChI=1S/C21H18ClFN2OS/c22-17-8-11-20(26)16(12-17)14-25(13-15-6-9-18(23)10-7-15)21(27)24-19-4-2-1-3-5-19/h1-12,26H,13-14H2,(H,24,27). The van der Waals surface area contributed by atoms with Crippen LogP contribution in [0.2, 0.25) is 5.02 Å². The van der Waals surface area contributed by atoms with Gasteiger partial charge in [0.1, 0.15) is 11.6 Å². The van der Waals surface area contributed by atoms with Crippen LogP contribution < -0.4 is 5.32 Å².